The van der Waals surface area contributed by atoms with Gasteiger partial charge in [-0.15, -0.1) is 0 Å². The smallest absolute Gasteiger partial charge is 0.255 e. The minimum atomic E-state index is -3.63. The molecule has 1 amide bonds. The van der Waals surface area contributed by atoms with Gasteiger partial charge in [0.25, 0.3) is 5.91 Å². The molecular weight excluding hydrogens is 336 g/mol. The molecule has 2 aromatic rings. The van der Waals surface area contributed by atoms with Crippen LogP contribution in [-0.4, -0.2) is 31.7 Å². The highest BCUT2D eigenvalue weighted by atomic mass is 32.2. The van der Waals surface area contributed by atoms with Crippen LogP contribution in [0.15, 0.2) is 47.4 Å². The third kappa shape index (κ3) is 4.46. The molecular formula is C19H24N2O3S. The molecule has 0 radical (unpaired) electrons. The molecule has 5 nitrogen and oxygen atoms in total. The number of nitrogens with one attached hydrogen (secondary N) is 1. The number of hydrogen-bond acceptors (Lipinski definition) is 3. The molecule has 6 heteroatoms. The molecule has 0 aromatic heterocycles. The van der Waals surface area contributed by atoms with E-state index in [9.17, 15) is 13.2 Å². The first-order valence-corrected chi connectivity index (χ1v) is 9.53. The predicted molar refractivity (Wildman–Crippen MR) is 100 cm³/mol. The van der Waals surface area contributed by atoms with E-state index in [1.165, 1.54) is 23.5 Å². The average molecular weight is 360 g/mol. The molecule has 0 bridgehead atoms. The highest BCUT2D eigenvalue weighted by Crippen LogP contribution is 2.19. The van der Waals surface area contributed by atoms with Crippen LogP contribution in [0, 0.1) is 13.8 Å². The molecule has 0 atom stereocenters. The predicted octanol–water partition coefficient (Wildman–Crippen LogP) is 3.58. The Labute approximate surface area is 149 Å². The fourth-order valence-corrected chi connectivity index (χ4v) is 3.91. The van der Waals surface area contributed by atoms with Gasteiger partial charge >= 0.3 is 0 Å². The maximum atomic E-state index is 12.6. The SMILES string of the molecule is Cc1cc(C)cc(NC(=O)c2cccc(S(=O)(=O)N(C)C(C)C)c2)c1. The lowest BCUT2D eigenvalue weighted by atomic mass is 10.1. The highest BCUT2D eigenvalue weighted by Gasteiger charge is 2.23. The van der Waals surface area contributed by atoms with Crippen molar-refractivity contribution >= 4 is 21.6 Å². The normalized spacial score (nSPS) is 11.8. The number of rotatable bonds is 5. The molecule has 0 unspecified atom stereocenters. The summed E-state index contributed by atoms with van der Waals surface area (Å²) in [6, 6.07) is 11.7. The van der Waals surface area contributed by atoms with Crippen molar-refractivity contribution in [2.75, 3.05) is 12.4 Å². The molecule has 0 aliphatic rings. The summed E-state index contributed by atoms with van der Waals surface area (Å²) in [5.41, 5.74) is 3.09. The van der Waals surface area contributed by atoms with Crippen LogP contribution in [0.2, 0.25) is 0 Å². The Morgan fingerprint density at radius 3 is 2.20 bits per heavy atom. The minimum Gasteiger partial charge on any atom is -0.322 e. The van der Waals surface area contributed by atoms with Crippen molar-refractivity contribution in [3.05, 3.63) is 59.2 Å². The first-order chi connectivity index (χ1) is 11.6. The number of hydrogen-bond donors (Lipinski definition) is 1. The molecule has 134 valence electrons. The molecule has 2 aromatic carbocycles. The van der Waals surface area contributed by atoms with Crippen molar-refractivity contribution in [2.45, 2.75) is 38.6 Å². The molecule has 0 spiro atoms. The van der Waals surface area contributed by atoms with Crippen LogP contribution in [0.25, 0.3) is 0 Å². The van der Waals surface area contributed by atoms with Crippen LogP contribution < -0.4 is 5.32 Å². The van der Waals surface area contributed by atoms with Gasteiger partial charge in [-0.1, -0.05) is 12.1 Å². The van der Waals surface area contributed by atoms with Gasteiger partial charge in [0.05, 0.1) is 4.90 Å². The van der Waals surface area contributed by atoms with E-state index in [4.69, 9.17) is 0 Å². The zero-order valence-corrected chi connectivity index (χ0v) is 16.0. The van der Waals surface area contributed by atoms with Gasteiger partial charge in [-0.3, -0.25) is 4.79 Å². The van der Waals surface area contributed by atoms with Crippen molar-refractivity contribution in [1.82, 2.24) is 4.31 Å². The Kier molecular flexibility index (Phi) is 5.65. The van der Waals surface area contributed by atoms with Crippen molar-refractivity contribution < 1.29 is 13.2 Å². The Morgan fingerprint density at radius 2 is 1.64 bits per heavy atom. The first kappa shape index (κ1) is 19.1. The molecule has 0 heterocycles. The van der Waals surface area contributed by atoms with E-state index in [0.717, 1.165) is 11.1 Å². The van der Waals surface area contributed by atoms with Crippen LogP contribution in [0.3, 0.4) is 0 Å². The van der Waals surface area contributed by atoms with Crippen molar-refractivity contribution in [3.8, 4) is 0 Å². The molecule has 0 aliphatic heterocycles. The Hall–Kier alpha value is -2.18. The summed E-state index contributed by atoms with van der Waals surface area (Å²) in [4.78, 5) is 12.6. The van der Waals surface area contributed by atoms with E-state index in [1.807, 2.05) is 32.0 Å². The second kappa shape index (κ2) is 7.37. The molecule has 0 aliphatic carbocycles. The molecule has 25 heavy (non-hydrogen) atoms. The van der Waals surface area contributed by atoms with E-state index in [-0.39, 0.29) is 16.8 Å². The van der Waals surface area contributed by atoms with E-state index < -0.39 is 10.0 Å². The second-order valence-electron chi connectivity index (χ2n) is 6.47. The van der Waals surface area contributed by atoms with Gasteiger partial charge in [-0.25, -0.2) is 8.42 Å². The van der Waals surface area contributed by atoms with Crippen LogP contribution in [0.1, 0.15) is 35.3 Å². The van der Waals surface area contributed by atoms with Gasteiger partial charge in [0.1, 0.15) is 0 Å². The zero-order valence-electron chi connectivity index (χ0n) is 15.2. The quantitative estimate of drug-likeness (QED) is 0.886. The second-order valence-corrected chi connectivity index (χ2v) is 8.47. The number of benzene rings is 2. The summed E-state index contributed by atoms with van der Waals surface area (Å²) in [7, 11) is -2.10. The van der Waals surface area contributed by atoms with Crippen LogP contribution >= 0.6 is 0 Å². The monoisotopic (exact) mass is 360 g/mol. The number of carbonyl (C=O) groups is 1. The van der Waals surface area contributed by atoms with E-state index in [0.29, 0.717) is 11.3 Å². The first-order valence-electron chi connectivity index (χ1n) is 8.09. The third-order valence-corrected chi connectivity index (χ3v) is 6.01. The van der Waals surface area contributed by atoms with Gasteiger partial charge in [-0.05, 0) is 69.2 Å². The van der Waals surface area contributed by atoms with Crippen LogP contribution in [-0.2, 0) is 10.0 Å². The maximum absolute atomic E-state index is 12.6. The van der Waals surface area contributed by atoms with E-state index >= 15 is 0 Å². The summed E-state index contributed by atoms with van der Waals surface area (Å²) < 4.78 is 26.5. The largest absolute Gasteiger partial charge is 0.322 e. The minimum absolute atomic E-state index is 0.108. The van der Waals surface area contributed by atoms with E-state index in [1.54, 1.807) is 26.0 Å². The Balaban J connectivity index is 2.30. The average Bonchev–Trinajstić information content (AvgIpc) is 2.53. The van der Waals surface area contributed by atoms with Gasteiger partial charge in [0.15, 0.2) is 0 Å². The summed E-state index contributed by atoms with van der Waals surface area (Å²) in [5.74, 6) is -0.339. The molecule has 0 saturated heterocycles. The third-order valence-electron chi connectivity index (χ3n) is 3.98. The maximum Gasteiger partial charge on any atom is 0.255 e. The zero-order chi connectivity index (χ0) is 18.8. The van der Waals surface area contributed by atoms with Crippen molar-refractivity contribution in [3.63, 3.8) is 0 Å². The molecule has 1 N–H and O–H groups in total. The number of aryl methyl sites for hydroxylation is 2. The summed E-state index contributed by atoms with van der Waals surface area (Å²) in [5, 5.41) is 2.82. The Bertz CT molecular complexity index is 869. The lowest BCUT2D eigenvalue weighted by Gasteiger charge is -2.21. The number of carbonyl (C=O) groups excluding carboxylic acids is 1. The summed E-state index contributed by atoms with van der Waals surface area (Å²) >= 11 is 0. The van der Waals surface area contributed by atoms with Gasteiger partial charge < -0.3 is 5.32 Å². The number of sulfonamides is 1. The topological polar surface area (TPSA) is 66.5 Å². The molecule has 2 rings (SSSR count). The van der Waals surface area contributed by atoms with Gasteiger partial charge in [-0.2, -0.15) is 4.31 Å². The van der Waals surface area contributed by atoms with Crippen LogP contribution in [0.5, 0.6) is 0 Å². The fraction of sp³-hybridized carbons (Fsp3) is 0.316. The number of nitrogens with zero attached hydrogens (tertiary/aromatic N) is 1. The summed E-state index contributed by atoms with van der Waals surface area (Å²) in [6.07, 6.45) is 0. The van der Waals surface area contributed by atoms with Gasteiger partial charge in [0.2, 0.25) is 10.0 Å². The lowest BCUT2D eigenvalue weighted by Crippen LogP contribution is -2.33. The van der Waals surface area contributed by atoms with Crippen molar-refractivity contribution in [1.29, 1.82) is 0 Å². The molecule has 0 fully saturated rings. The molecule has 0 saturated carbocycles. The highest BCUT2D eigenvalue weighted by molar-refractivity contribution is 7.89. The van der Waals surface area contributed by atoms with Crippen molar-refractivity contribution in [2.24, 2.45) is 0 Å². The van der Waals surface area contributed by atoms with Gasteiger partial charge in [0, 0.05) is 24.3 Å². The Morgan fingerprint density at radius 1 is 1.04 bits per heavy atom. The van der Waals surface area contributed by atoms with E-state index in [2.05, 4.69) is 5.32 Å². The summed E-state index contributed by atoms with van der Waals surface area (Å²) in [6.45, 7) is 7.51. The number of anilines is 1. The number of amides is 1. The van der Waals surface area contributed by atoms with Crippen LogP contribution in [0.4, 0.5) is 5.69 Å². The fourth-order valence-electron chi connectivity index (χ4n) is 2.49. The standard InChI is InChI=1S/C19H24N2O3S/c1-13(2)21(5)25(23,24)18-8-6-7-16(12-18)19(22)20-17-10-14(3)9-15(4)11-17/h6-13H,1-5H3,(H,20,22). The lowest BCUT2D eigenvalue weighted by molar-refractivity contribution is 0.102.